The van der Waals surface area contributed by atoms with Crippen molar-refractivity contribution in [1.29, 1.82) is 0 Å². The third-order valence-electron chi connectivity index (χ3n) is 3.96. The van der Waals surface area contributed by atoms with Crippen LogP contribution in [0.5, 0.6) is 0 Å². The second-order valence-corrected chi connectivity index (χ2v) is 5.89. The summed E-state index contributed by atoms with van der Waals surface area (Å²) in [6, 6.07) is 2.80. The lowest BCUT2D eigenvalue weighted by Gasteiger charge is -2.35. The van der Waals surface area contributed by atoms with Gasteiger partial charge in [0.25, 0.3) is 0 Å². The van der Waals surface area contributed by atoms with Crippen LogP contribution >= 0.6 is 15.9 Å². The summed E-state index contributed by atoms with van der Waals surface area (Å²) in [5, 5.41) is 0. The predicted molar refractivity (Wildman–Crippen MR) is 77.5 cm³/mol. The molecule has 0 amide bonds. The molecule has 4 heteroatoms. The van der Waals surface area contributed by atoms with Gasteiger partial charge in [0.2, 0.25) is 0 Å². The number of nitrogens with two attached hydrogens (primary N) is 1. The highest BCUT2D eigenvalue weighted by molar-refractivity contribution is 9.10. The molecule has 0 radical (unpaired) electrons. The van der Waals surface area contributed by atoms with Crippen LogP contribution in [0.25, 0.3) is 0 Å². The highest BCUT2D eigenvalue weighted by atomic mass is 79.9. The number of hydrogen-bond acceptors (Lipinski definition) is 3. The first-order valence-electron chi connectivity index (χ1n) is 6.96. The van der Waals surface area contributed by atoms with E-state index in [-0.39, 0.29) is 6.04 Å². The fourth-order valence-corrected chi connectivity index (χ4v) is 3.45. The van der Waals surface area contributed by atoms with Gasteiger partial charge < -0.3 is 10.2 Å². The number of nitrogens with zero attached hydrogens (tertiary/aromatic N) is 1. The van der Waals surface area contributed by atoms with Gasteiger partial charge in [-0.2, -0.15) is 0 Å². The van der Waals surface area contributed by atoms with Gasteiger partial charge in [0.05, 0.1) is 16.8 Å². The fourth-order valence-electron chi connectivity index (χ4n) is 2.98. The summed E-state index contributed by atoms with van der Waals surface area (Å²) >= 11 is 3.56. The molecule has 1 aromatic heterocycles. The molecule has 2 rings (SSSR count). The Balaban J connectivity index is 2.21. The first-order chi connectivity index (χ1) is 8.77. The summed E-state index contributed by atoms with van der Waals surface area (Å²) in [7, 11) is 0. The molecule has 0 aromatic carbocycles. The van der Waals surface area contributed by atoms with Gasteiger partial charge in [-0.3, -0.25) is 4.90 Å². The Hall–Kier alpha value is -0.320. The molecule has 0 spiro atoms. The van der Waals surface area contributed by atoms with Gasteiger partial charge in [-0.25, -0.2) is 0 Å². The van der Waals surface area contributed by atoms with E-state index in [9.17, 15) is 0 Å². The van der Waals surface area contributed by atoms with Crippen molar-refractivity contribution in [1.82, 2.24) is 4.90 Å². The van der Waals surface area contributed by atoms with Crippen molar-refractivity contribution in [2.24, 2.45) is 5.73 Å². The molecule has 2 N–H and O–H groups in total. The lowest BCUT2D eigenvalue weighted by atomic mass is 10.0. The molecule has 1 saturated heterocycles. The van der Waals surface area contributed by atoms with Gasteiger partial charge in [-0.15, -0.1) is 0 Å². The quantitative estimate of drug-likeness (QED) is 0.921. The van der Waals surface area contributed by atoms with E-state index in [0.717, 1.165) is 16.8 Å². The topological polar surface area (TPSA) is 42.4 Å². The average molecular weight is 315 g/mol. The van der Waals surface area contributed by atoms with E-state index in [0.29, 0.717) is 12.6 Å². The number of rotatable bonds is 4. The van der Waals surface area contributed by atoms with Crippen LogP contribution in [0.3, 0.4) is 0 Å². The zero-order valence-electron chi connectivity index (χ0n) is 11.1. The molecule has 2 heterocycles. The van der Waals surface area contributed by atoms with Crippen LogP contribution in [0.1, 0.15) is 50.8 Å². The summed E-state index contributed by atoms with van der Waals surface area (Å²) in [6.07, 6.45) is 8.15. The minimum atomic E-state index is 0.206. The van der Waals surface area contributed by atoms with E-state index in [2.05, 4.69) is 27.8 Å². The normalized spacial score (nSPS) is 23.8. The zero-order chi connectivity index (χ0) is 13.0. The SMILES string of the molecule is CCC1CCCCCN1C(CN)c1occc1Br. The summed E-state index contributed by atoms with van der Waals surface area (Å²) in [5.74, 6) is 0.984. The Morgan fingerprint density at radius 2 is 2.33 bits per heavy atom. The lowest BCUT2D eigenvalue weighted by molar-refractivity contribution is 0.120. The molecule has 1 fully saturated rings. The lowest BCUT2D eigenvalue weighted by Crippen LogP contribution is -2.41. The predicted octanol–water partition coefficient (Wildman–Crippen LogP) is 3.70. The van der Waals surface area contributed by atoms with E-state index < -0.39 is 0 Å². The summed E-state index contributed by atoms with van der Waals surface area (Å²) < 4.78 is 6.67. The maximum Gasteiger partial charge on any atom is 0.136 e. The summed E-state index contributed by atoms with van der Waals surface area (Å²) in [4.78, 5) is 2.55. The van der Waals surface area contributed by atoms with E-state index in [1.165, 1.54) is 32.1 Å². The third-order valence-corrected chi connectivity index (χ3v) is 4.62. The number of hydrogen-bond donors (Lipinski definition) is 1. The largest absolute Gasteiger partial charge is 0.466 e. The van der Waals surface area contributed by atoms with Crippen molar-refractivity contribution in [3.63, 3.8) is 0 Å². The molecule has 0 bridgehead atoms. The van der Waals surface area contributed by atoms with Crippen LogP contribution in [0.2, 0.25) is 0 Å². The van der Waals surface area contributed by atoms with Crippen LogP contribution < -0.4 is 5.73 Å². The van der Waals surface area contributed by atoms with Crippen molar-refractivity contribution in [2.45, 2.75) is 51.1 Å². The minimum absolute atomic E-state index is 0.206. The van der Waals surface area contributed by atoms with Crippen molar-refractivity contribution < 1.29 is 4.42 Å². The molecular weight excluding hydrogens is 292 g/mol. The minimum Gasteiger partial charge on any atom is -0.466 e. The van der Waals surface area contributed by atoms with Crippen LogP contribution in [0.4, 0.5) is 0 Å². The molecule has 1 aliphatic rings. The molecule has 0 aliphatic carbocycles. The number of halogens is 1. The van der Waals surface area contributed by atoms with E-state index in [4.69, 9.17) is 10.2 Å². The Kier molecular flexibility index (Phi) is 5.27. The van der Waals surface area contributed by atoms with Gasteiger partial charge >= 0.3 is 0 Å². The molecule has 2 unspecified atom stereocenters. The van der Waals surface area contributed by atoms with Gasteiger partial charge in [0.1, 0.15) is 5.76 Å². The van der Waals surface area contributed by atoms with Crippen molar-refractivity contribution >= 4 is 15.9 Å². The Bertz CT molecular complexity index is 366. The van der Waals surface area contributed by atoms with E-state index in [1.807, 2.05) is 6.07 Å². The smallest absolute Gasteiger partial charge is 0.136 e. The van der Waals surface area contributed by atoms with E-state index in [1.54, 1.807) is 6.26 Å². The molecule has 1 aromatic rings. The van der Waals surface area contributed by atoms with Gasteiger partial charge in [-0.05, 0) is 47.8 Å². The second kappa shape index (κ2) is 6.73. The molecule has 3 nitrogen and oxygen atoms in total. The molecule has 2 atom stereocenters. The average Bonchev–Trinajstić information content (AvgIpc) is 2.67. The molecular formula is C14H23BrN2O. The van der Waals surface area contributed by atoms with Gasteiger partial charge in [0.15, 0.2) is 0 Å². The van der Waals surface area contributed by atoms with Crippen LogP contribution in [0.15, 0.2) is 21.2 Å². The first kappa shape index (κ1) is 14.1. The van der Waals surface area contributed by atoms with E-state index >= 15 is 0 Å². The van der Waals surface area contributed by atoms with Crippen LogP contribution in [-0.2, 0) is 0 Å². The fraction of sp³-hybridized carbons (Fsp3) is 0.714. The van der Waals surface area contributed by atoms with Gasteiger partial charge in [0, 0.05) is 12.6 Å². The Morgan fingerprint density at radius 3 is 2.94 bits per heavy atom. The highest BCUT2D eigenvalue weighted by Gasteiger charge is 2.29. The molecule has 102 valence electrons. The van der Waals surface area contributed by atoms with Crippen LogP contribution in [-0.4, -0.2) is 24.0 Å². The van der Waals surface area contributed by atoms with Crippen molar-refractivity contribution in [2.75, 3.05) is 13.1 Å². The molecule has 0 saturated carbocycles. The maximum atomic E-state index is 6.01. The molecule has 1 aliphatic heterocycles. The molecule has 18 heavy (non-hydrogen) atoms. The summed E-state index contributed by atoms with van der Waals surface area (Å²) in [6.45, 7) is 4.02. The first-order valence-corrected chi connectivity index (χ1v) is 7.76. The zero-order valence-corrected chi connectivity index (χ0v) is 12.7. The Labute approximate surface area is 118 Å². The van der Waals surface area contributed by atoms with Gasteiger partial charge in [-0.1, -0.05) is 19.8 Å². The summed E-state index contributed by atoms with van der Waals surface area (Å²) in [5.41, 5.74) is 6.01. The third kappa shape index (κ3) is 2.98. The standard InChI is InChI=1S/C14H23BrN2O/c1-2-11-6-4-3-5-8-17(11)13(10-16)14-12(15)7-9-18-14/h7,9,11,13H,2-6,8,10,16H2,1H3. The number of furan rings is 1. The highest BCUT2D eigenvalue weighted by Crippen LogP contribution is 2.33. The maximum absolute atomic E-state index is 6.01. The number of likely N-dealkylation sites (tertiary alicyclic amines) is 1. The Morgan fingerprint density at radius 1 is 1.50 bits per heavy atom. The van der Waals surface area contributed by atoms with Crippen molar-refractivity contribution in [3.05, 3.63) is 22.6 Å². The second-order valence-electron chi connectivity index (χ2n) is 5.03. The van der Waals surface area contributed by atoms with Crippen LogP contribution in [0, 0.1) is 0 Å². The monoisotopic (exact) mass is 314 g/mol. The van der Waals surface area contributed by atoms with Crippen molar-refractivity contribution in [3.8, 4) is 0 Å².